The van der Waals surface area contributed by atoms with Crippen LogP contribution in [0.25, 0.3) is 0 Å². The van der Waals surface area contributed by atoms with E-state index in [4.69, 9.17) is 4.74 Å². The number of hydrogen-bond acceptors (Lipinski definition) is 3. The van der Waals surface area contributed by atoms with Crippen LogP contribution in [-0.2, 0) is 16.1 Å². The largest absolute Gasteiger partial charge is 0.482 e. The van der Waals surface area contributed by atoms with Crippen molar-refractivity contribution in [1.29, 1.82) is 0 Å². The Bertz CT molecular complexity index is 867. The van der Waals surface area contributed by atoms with E-state index in [1.807, 2.05) is 0 Å². The van der Waals surface area contributed by atoms with Crippen LogP contribution >= 0.6 is 0 Å². The number of halogens is 2. The highest BCUT2D eigenvalue weighted by molar-refractivity contribution is 6.02. The lowest BCUT2D eigenvalue weighted by molar-refractivity contribution is -0.118. The molecule has 2 amide bonds. The number of carbonyl (C=O) groups excluding carboxylic acids is 2. The molecule has 3 rings (SSSR count). The standard InChI is InChI=1S/C18H14F2N2O3/c1-2-18(24)22(9-11-7-12(19)3-5-14(11)20)13-4-6-16-15(8-13)21-17(23)10-25-16/h2-8H,1,9-10H2,(H,21,23). The van der Waals surface area contributed by atoms with Crippen LogP contribution in [0.2, 0.25) is 0 Å². The molecule has 0 atom stereocenters. The molecule has 128 valence electrons. The third-order valence-corrected chi connectivity index (χ3v) is 3.68. The van der Waals surface area contributed by atoms with E-state index in [0.717, 1.165) is 24.3 Å². The Morgan fingerprint density at radius 2 is 2.08 bits per heavy atom. The smallest absolute Gasteiger partial charge is 0.262 e. The number of fused-ring (bicyclic) bond motifs is 1. The van der Waals surface area contributed by atoms with Gasteiger partial charge < -0.3 is 15.0 Å². The van der Waals surface area contributed by atoms with Gasteiger partial charge in [-0.2, -0.15) is 0 Å². The second kappa shape index (κ2) is 6.72. The van der Waals surface area contributed by atoms with Crippen molar-refractivity contribution in [3.63, 3.8) is 0 Å². The minimum Gasteiger partial charge on any atom is -0.482 e. The van der Waals surface area contributed by atoms with Crippen molar-refractivity contribution in [2.45, 2.75) is 6.54 Å². The van der Waals surface area contributed by atoms with Gasteiger partial charge in [0.15, 0.2) is 6.61 Å². The highest BCUT2D eigenvalue weighted by atomic mass is 19.1. The summed E-state index contributed by atoms with van der Waals surface area (Å²) in [4.78, 5) is 24.9. The van der Waals surface area contributed by atoms with Crippen molar-refractivity contribution in [3.8, 4) is 5.75 Å². The molecule has 7 heteroatoms. The summed E-state index contributed by atoms with van der Waals surface area (Å²) in [5.41, 5.74) is 0.807. The van der Waals surface area contributed by atoms with Crippen LogP contribution in [-0.4, -0.2) is 18.4 Å². The quantitative estimate of drug-likeness (QED) is 0.868. The minimum absolute atomic E-state index is 0.0215. The molecule has 2 aromatic rings. The molecule has 5 nitrogen and oxygen atoms in total. The lowest BCUT2D eigenvalue weighted by Gasteiger charge is -2.25. The Labute approximate surface area is 142 Å². The number of amides is 2. The van der Waals surface area contributed by atoms with Crippen LogP contribution in [0.1, 0.15) is 5.56 Å². The highest BCUT2D eigenvalue weighted by Gasteiger charge is 2.21. The zero-order valence-corrected chi connectivity index (χ0v) is 13.1. The topological polar surface area (TPSA) is 58.6 Å². The fraction of sp³-hybridized carbons (Fsp3) is 0.111. The molecule has 25 heavy (non-hydrogen) atoms. The first-order chi connectivity index (χ1) is 12.0. The number of nitrogens with zero attached hydrogens (tertiary/aromatic N) is 1. The van der Waals surface area contributed by atoms with Gasteiger partial charge in [0.1, 0.15) is 17.4 Å². The fourth-order valence-corrected chi connectivity index (χ4v) is 2.48. The van der Waals surface area contributed by atoms with Crippen LogP contribution in [0, 0.1) is 11.6 Å². The molecule has 2 aromatic carbocycles. The molecular weight excluding hydrogens is 330 g/mol. The molecule has 1 heterocycles. The molecule has 0 saturated heterocycles. The van der Waals surface area contributed by atoms with Crippen LogP contribution in [0.5, 0.6) is 5.75 Å². The normalized spacial score (nSPS) is 12.6. The van der Waals surface area contributed by atoms with E-state index in [0.29, 0.717) is 17.1 Å². The molecular formula is C18H14F2N2O3. The van der Waals surface area contributed by atoms with Gasteiger partial charge in [0, 0.05) is 11.3 Å². The first-order valence-corrected chi connectivity index (χ1v) is 7.42. The fourth-order valence-electron chi connectivity index (χ4n) is 2.48. The van der Waals surface area contributed by atoms with Gasteiger partial charge in [0.25, 0.3) is 11.8 Å². The summed E-state index contributed by atoms with van der Waals surface area (Å²) in [7, 11) is 0. The molecule has 1 aliphatic heterocycles. The Morgan fingerprint density at radius 3 is 2.84 bits per heavy atom. The predicted molar refractivity (Wildman–Crippen MR) is 88.3 cm³/mol. The van der Waals surface area contributed by atoms with Crippen LogP contribution in [0.3, 0.4) is 0 Å². The van der Waals surface area contributed by atoms with E-state index in [-0.39, 0.29) is 24.6 Å². The summed E-state index contributed by atoms with van der Waals surface area (Å²) in [6.45, 7) is 3.16. The molecule has 0 radical (unpaired) electrons. The SMILES string of the molecule is C=CC(=O)N(Cc1cc(F)ccc1F)c1ccc2c(c1)NC(=O)CO2. The lowest BCUT2D eigenvalue weighted by atomic mass is 10.1. The second-order valence-corrected chi connectivity index (χ2v) is 5.38. The van der Waals surface area contributed by atoms with Crippen LogP contribution < -0.4 is 15.0 Å². The maximum Gasteiger partial charge on any atom is 0.262 e. The van der Waals surface area contributed by atoms with Crippen LogP contribution in [0.4, 0.5) is 20.2 Å². The zero-order valence-electron chi connectivity index (χ0n) is 13.1. The van der Waals surface area contributed by atoms with Gasteiger partial charge in [-0.1, -0.05) is 6.58 Å². The Kier molecular flexibility index (Phi) is 4.47. The average molecular weight is 344 g/mol. The number of carbonyl (C=O) groups is 2. The number of nitrogens with one attached hydrogen (secondary N) is 1. The Balaban J connectivity index is 1.97. The van der Waals surface area contributed by atoms with Crippen molar-refractivity contribution in [2.75, 3.05) is 16.8 Å². The van der Waals surface area contributed by atoms with Gasteiger partial charge in [-0.15, -0.1) is 0 Å². The first-order valence-electron chi connectivity index (χ1n) is 7.42. The predicted octanol–water partition coefficient (Wildman–Crippen LogP) is 3.01. The second-order valence-electron chi connectivity index (χ2n) is 5.38. The molecule has 0 aliphatic carbocycles. The maximum atomic E-state index is 13.9. The monoisotopic (exact) mass is 344 g/mol. The van der Waals surface area contributed by atoms with Gasteiger partial charge >= 0.3 is 0 Å². The van der Waals surface area contributed by atoms with Crippen molar-refractivity contribution in [1.82, 2.24) is 0 Å². The van der Waals surface area contributed by atoms with Gasteiger partial charge in [-0.05, 0) is 42.5 Å². The summed E-state index contributed by atoms with van der Waals surface area (Å²) < 4.78 is 32.6. The molecule has 0 aromatic heterocycles. The van der Waals surface area contributed by atoms with E-state index in [1.165, 1.54) is 11.0 Å². The van der Waals surface area contributed by atoms with Crippen molar-refractivity contribution >= 4 is 23.2 Å². The van der Waals surface area contributed by atoms with E-state index in [1.54, 1.807) is 12.1 Å². The van der Waals surface area contributed by atoms with Gasteiger partial charge in [0.2, 0.25) is 0 Å². The Morgan fingerprint density at radius 1 is 1.28 bits per heavy atom. The third kappa shape index (κ3) is 3.50. The molecule has 0 fully saturated rings. The Hall–Kier alpha value is -3.22. The third-order valence-electron chi connectivity index (χ3n) is 3.68. The first kappa shape index (κ1) is 16.6. The van der Waals surface area contributed by atoms with Crippen LogP contribution in [0.15, 0.2) is 49.1 Å². The number of anilines is 2. The average Bonchev–Trinajstić information content (AvgIpc) is 2.61. The number of ether oxygens (including phenoxy) is 1. The van der Waals surface area contributed by atoms with Crippen molar-refractivity contribution < 1.29 is 23.1 Å². The highest BCUT2D eigenvalue weighted by Crippen LogP contribution is 2.32. The van der Waals surface area contributed by atoms with Gasteiger partial charge in [-0.25, -0.2) is 8.78 Å². The molecule has 0 saturated carbocycles. The summed E-state index contributed by atoms with van der Waals surface area (Å²) in [5, 5.41) is 2.63. The summed E-state index contributed by atoms with van der Waals surface area (Å²) in [5.74, 6) is -1.58. The molecule has 0 bridgehead atoms. The summed E-state index contributed by atoms with van der Waals surface area (Å²) in [6.07, 6.45) is 1.08. The van der Waals surface area contributed by atoms with Crippen molar-refractivity contribution in [3.05, 3.63) is 66.3 Å². The molecule has 0 spiro atoms. The zero-order chi connectivity index (χ0) is 18.0. The number of benzene rings is 2. The lowest BCUT2D eigenvalue weighted by Crippen LogP contribution is -2.30. The number of rotatable bonds is 4. The molecule has 1 aliphatic rings. The van der Waals surface area contributed by atoms with Gasteiger partial charge in [0.05, 0.1) is 12.2 Å². The summed E-state index contributed by atoms with van der Waals surface area (Å²) in [6, 6.07) is 7.75. The molecule has 0 unspecified atom stereocenters. The van der Waals surface area contributed by atoms with E-state index in [2.05, 4.69) is 11.9 Å². The van der Waals surface area contributed by atoms with E-state index in [9.17, 15) is 18.4 Å². The molecule has 1 N–H and O–H groups in total. The number of hydrogen-bond donors (Lipinski definition) is 1. The summed E-state index contributed by atoms with van der Waals surface area (Å²) >= 11 is 0. The van der Waals surface area contributed by atoms with E-state index >= 15 is 0 Å². The minimum atomic E-state index is -0.627. The maximum absolute atomic E-state index is 13.9. The van der Waals surface area contributed by atoms with Gasteiger partial charge in [-0.3, -0.25) is 9.59 Å². The van der Waals surface area contributed by atoms with E-state index < -0.39 is 17.5 Å². The van der Waals surface area contributed by atoms with Crippen molar-refractivity contribution in [2.24, 2.45) is 0 Å².